The molecule has 0 aliphatic carbocycles. The quantitative estimate of drug-likeness (QED) is 0.253. The van der Waals surface area contributed by atoms with Crippen LogP contribution in [0, 0.1) is 13.8 Å². The number of hydrogen-bond acceptors (Lipinski definition) is 6. The maximum atomic E-state index is 13.5. The van der Waals surface area contributed by atoms with Crippen LogP contribution in [0.5, 0.6) is 0 Å². The first-order chi connectivity index (χ1) is 18.9. The van der Waals surface area contributed by atoms with Gasteiger partial charge in [-0.1, -0.05) is 41.9 Å². The topological polar surface area (TPSA) is 84.7 Å². The van der Waals surface area contributed by atoms with Gasteiger partial charge in [0.05, 0.1) is 23.3 Å². The number of rotatable bonds is 5. The van der Waals surface area contributed by atoms with Crippen molar-refractivity contribution in [2.24, 2.45) is 0 Å². The van der Waals surface area contributed by atoms with Crippen LogP contribution in [0.2, 0.25) is 5.15 Å². The first-order valence-corrected chi connectivity index (χ1v) is 13.8. The van der Waals surface area contributed by atoms with Gasteiger partial charge in [-0.2, -0.15) is 0 Å². The van der Waals surface area contributed by atoms with Crippen LogP contribution in [0.1, 0.15) is 61.9 Å². The summed E-state index contributed by atoms with van der Waals surface area (Å²) in [5.74, 6) is 0.800. The van der Waals surface area contributed by atoms with Crippen molar-refractivity contribution in [3.05, 3.63) is 92.4 Å². The fourth-order valence-electron chi connectivity index (χ4n) is 5.03. The third-order valence-corrected chi connectivity index (χ3v) is 7.37. The molecule has 5 rings (SSSR count). The summed E-state index contributed by atoms with van der Waals surface area (Å²) in [5, 5.41) is 4.42. The minimum absolute atomic E-state index is 0.0439. The fraction of sp³-hybridized carbons (Fsp3) is 0.344. The Bertz CT molecular complexity index is 1620. The van der Waals surface area contributed by atoms with E-state index in [9.17, 15) is 9.59 Å². The van der Waals surface area contributed by atoms with Gasteiger partial charge in [0.2, 0.25) is 0 Å². The van der Waals surface area contributed by atoms with Crippen molar-refractivity contribution in [3.8, 4) is 11.3 Å². The molecule has 8 heteroatoms. The van der Waals surface area contributed by atoms with Gasteiger partial charge in [0.25, 0.3) is 0 Å². The van der Waals surface area contributed by atoms with Gasteiger partial charge < -0.3 is 19.4 Å². The van der Waals surface area contributed by atoms with Gasteiger partial charge in [0, 0.05) is 35.7 Å². The zero-order chi connectivity index (χ0) is 28.8. The van der Waals surface area contributed by atoms with E-state index in [4.69, 9.17) is 20.8 Å². The van der Waals surface area contributed by atoms with Gasteiger partial charge >= 0.3 is 6.09 Å². The molecule has 3 heterocycles. The SMILES string of the molecule is Cc1cc(C(C)Nc2ccc(Cl)nc2)c2oc(-c3ccc(C4CN(C(=O)OC(C)(C)C)C4)cc3)c(C)c(=O)c2c1. The number of nitrogens with zero attached hydrogens (tertiary/aromatic N) is 2. The molecule has 0 radical (unpaired) electrons. The van der Waals surface area contributed by atoms with Crippen LogP contribution in [0.4, 0.5) is 10.5 Å². The molecule has 1 saturated heterocycles. The number of aryl methyl sites for hydroxylation is 1. The van der Waals surface area contributed by atoms with Crippen LogP contribution in [-0.4, -0.2) is 34.7 Å². The van der Waals surface area contributed by atoms with Gasteiger partial charge in [-0.25, -0.2) is 9.78 Å². The Hall–Kier alpha value is -3.84. The average Bonchev–Trinajstić information content (AvgIpc) is 2.86. The van der Waals surface area contributed by atoms with Crippen LogP contribution in [-0.2, 0) is 4.74 Å². The summed E-state index contributed by atoms with van der Waals surface area (Å²) in [7, 11) is 0. The zero-order valence-corrected chi connectivity index (χ0v) is 24.4. The Balaban J connectivity index is 1.42. The van der Waals surface area contributed by atoms with Gasteiger partial charge in [-0.05, 0) is 70.9 Å². The smallest absolute Gasteiger partial charge is 0.410 e. The normalized spacial score (nSPS) is 14.6. The number of benzene rings is 2. The predicted octanol–water partition coefficient (Wildman–Crippen LogP) is 7.63. The van der Waals surface area contributed by atoms with E-state index in [2.05, 4.69) is 10.3 Å². The molecular formula is C32H34ClN3O4. The summed E-state index contributed by atoms with van der Waals surface area (Å²) < 4.78 is 12.0. The van der Waals surface area contributed by atoms with Gasteiger partial charge in [0.1, 0.15) is 22.1 Å². The molecule has 208 valence electrons. The number of anilines is 1. The minimum atomic E-state index is -0.509. The number of carbonyl (C=O) groups is 1. The molecule has 0 saturated carbocycles. The first-order valence-electron chi connectivity index (χ1n) is 13.4. The van der Waals surface area contributed by atoms with Crippen LogP contribution >= 0.6 is 11.6 Å². The lowest BCUT2D eigenvalue weighted by atomic mass is 9.90. The van der Waals surface area contributed by atoms with E-state index in [0.29, 0.717) is 40.5 Å². The molecule has 1 aliphatic rings. The molecule has 1 atom stereocenters. The summed E-state index contributed by atoms with van der Waals surface area (Å²) in [6, 6.07) is 15.4. The molecule has 0 bridgehead atoms. The van der Waals surface area contributed by atoms with Crippen molar-refractivity contribution in [1.29, 1.82) is 0 Å². The summed E-state index contributed by atoms with van der Waals surface area (Å²) in [4.78, 5) is 31.7. The summed E-state index contributed by atoms with van der Waals surface area (Å²) >= 11 is 5.94. The van der Waals surface area contributed by atoms with Crippen molar-refractivity contribution in [2.45, 2.75) is 59.1 Å². The number of aromatic nitrogens is 1. The number of halogens is 1. The van der Waals surface area contributed by atoms with E-state index < -0.39 is 5.60 Å². The highest BCUT2D eigenvalue weighted by Gasteiger charge is 2.34. The summed E-state index contributed by atoms with van der Waals surface area (Å²) in [5.41, 5.74) is 5.23. The molecule has 2 aromatic carbocycles. The number of fused-ring (bicyclic) bond motifs is 1. The number of amides is 1. The van der Waals surface area contributed by atoms with E-state index >= 15 is 0 Å². The first kappa shape index (κ1) is 27.7. The number of ether oxygens (including phenoxy) is 1. The second-order valence-corrected chi connectivity index (χ2v) is 11.9. The largest absolute Gasteiger partial charge is 0.455 e. The Morgan fingerprint density at radius 1 is 1.12 bits per heavy atom. The molecule has 40 heavy (non-hydrogen) atoms. The van der Waals surface area contributed by atoms with Gasteiger partial charge in [-0.15, -0.1) is 0 Å². The molecule has 4 aromatic rings. The molecule has 7 nitrogen and oxygen atoms in total. The molecule has 2 aromatic heterocycles. The Morgan fingerprint density at radius 2 is 1.82 bits per heavy atom. The zero-order valence-electron chi connectivity index (χ0n) is 23.7. The fourth-order valence-corrected chi connectivity index (χ4v) is 5.14. The van der Waals surface area contributed by atoms with Gasteiger partial charge in [0.15, 0.2) is 5.43 Å². The Labute approximate surface area is 239 Å². The number of likely N-dealkylation sites (tertiary alicyclic amines) is 1. The molecule has 1 aliphatic heterocycles. The number of hydrogen-bond donors (Lipinski definition) is 1. The standard InChI is InChI=1S/C32H34ClN3O4/c1-18-13-25(20(3)35-24-11-12-27(33)34-15-24)30-26(14-18)28(37)19(2)29(39-30)22-9-7-21(8-10-22)23-16-36(17-23)31(38)40-32(4,5)6/h7-15,20,23,35H,16-17H2,1-6H3. The summed E-state index contributed by atoms with van der Waals surface area (Å²) in [6.07, 6.45) is 1.40. The van der Waals surface area contributed by atoms with Gasteiger partial charge in [-0.3, -0.25) is 4.79 Å². The van der Waals surface area contributed by atoms with E-state index in [1.807, 2.05) is 84.0 Å². The van der Waals surface area contributed by atoms with Crippen molar-refractivity contribution in [2.75, 3.05) is 18.4 Å². The van der Waals surface area contributed by atoms with E-state index in [-0.39, 0.29) is 23.5 Å². The maximum absolute atomic E-state index is 13.5. The molecule has 0 spiro atoms. The van der Waals surface area contributed by atoms with Crippen LogP contribution < -0.4 is 10.7 Å². The number of pyridine rings is 1. The molecular weight excluding hydrogens is 526 g/mol. The van der Waals surface area contributed by atoms with E-state index in [0.717, 1.165) is 27.9 Å². The minimum Gasteiger partial charge on any atom is -0.455 e. The Morgan fingerprint density at radius 3 is 2.45 bits per heavy atom. The monoisotopic (exact) mass is 559 g/mol. The maximum Gasteiger partial charge on any atom is 0.410 e. The molecule has 1 unspecified atom stereocenters. The number of nitrogens with one attached hydrogen (secondary N) is 1. The van der Waals surface area contributed by atoms with Crippen molar-refractivity contribution in [1.82, 2.24) is 9.88 Å². The van der Waals surface area contributed by atoms with Crippen molar-refractivity contribution >= 4 is 34.4 Å². The molecule has 1 amide bonds. The Kier molecular flexibility index (Phi) is 7.36. The third-order valence-electron chi connectivity index (χ3n) is 7.15. The second kappa shape index (κ2) is 10.6. The van der Waals surface area contributed by atoms with Crippen LogP contribution in [0.3, 0.4) is 0 Å². The predicted molar refractivity (Wildman–Crippen MR) is 159 cm³/mol. The highest BCUT2D eigenvalue weighted by atomic mass is 35.5. The highest BCUT2D eigenvalue weighted by Crippen LogP contribution is 2.34. The van der Waals surface area contributed by atoms with Crippen LogP contribution in [0.25, 0.3) is 22.3 Å². The lowest BCUT2D eigenvalue weighted by Gasteiger charge is -2.40. The van der Waals surface area contributed by atoms with E-state index in [1.165, 1.54) is 0 Å². The van der Waals surface area contributed by atoms with Crippen LogP contribution in [0.15, 0.2) is 63.9 Å². The second-order valence-electron chi connectivity index (χ2n) is 11.6. The third kappa shape index (κ3) is 5.70. The number of carbonyl (C=O) groups excluding carboxylic acids is 1. The summed E-state index contributed by atoms with van der Waals surface area (Å²) in [6.45, 7) is 12.7. The lowest BCUT2D eigenvalue weighted by Crippen LogP contribution is -2.50. The van der Waals surface area contributed by atoms with E-state index in [1.54, 1.807) is 17.2 Å². The lowest BCUT2D eigenvalue weighted by molar-refractivity contribution is 0.00819. The molecule has 1 fully saturated rings. The van der Waals surface area contributed by atoms with Crippen molar-refractivity contribution < 1.29 is 13.9 Å². The average molecular weight is 560 g/mol. The van der Waals surface area contributed by atoms with Crippen molar-refractivity contribution in [3.63, 3.8) is 0 Å². The molecule has 1 N–H and O–H groups in total. The highest BCUT2D eigenvalue weighted by molar-refractivity contribution is 6.29.